The summed E-state index contributed by atoms with van der Waals surface area (Å²) < 4.78 is 41.1. The molecule has 214 valence electrons. The van der Waals surface area contributed by atoms with Crippen LogP contribution in [0, 0.1) is 35.8 Å². The summed E-state index contributed by atoms with van der Waals surface area (Å²) in [6, 6.07) is 34.6. The van der Waals surface area contributed by atoms with Gasteiger partial charge in [0.1, 0.15) is 0 Å². The predicted octanol–water partition coefficient (Wildman–Crippen LogP) is 10.4. The van der Waals surface area contributed by atoms with Crippen LogP contribution in [0.25, 0.3) is 65.3 Å². The molecule has 0 fully saturated rings. The number of benzene rings is 5. The lowest BCUT2D eigenvalue weighted by atomic mass is 9.95. The maximum atomic E-state index is 13.7. The Kier molecular flexibility index (Phi) is 6.42. The SMILES string of the molecule is [C-]#[N+]/C(C#N)=C1/c2cc(C(F)(F)F)ccc2-c2cc3c(cc21)-c1ccc(-c2ccc(-c4ccccc4)cc2)cc1/C3=C(/C#N)[N+]#[C-]. The Balaban J connectivity index is 1.43. The number of rotatable bonds is 2. The van der Waals surface area contributed by atoms with Crippen LogP contribution < -0.4 is 0 Å². The van der Waals surface area contributed by atoms with Crippen molar-refractivity contribution in [2.45, 2.75) is 6.18 Å². The van der Waals surface area contributed by atoms with Crippen LogP contribution in [0.1, 0.15) is 27.8 Å². The molecule has 0 amide bonds. The second-order valence-electron chi connectivity index (χ2n) is 10.8. The Bertz CT molecular complexity index is 2340. The van der Waals surface area contributed by atoms with E-state index in [9.17, 15) is 23.7 Å². The Hall–Kier alpha value is -6.67. The number of alkyl halides is 3. The van der Waals surface area contributed by atoms with E-state index >= 15 is 0 Å². The number of fused-ring (bicyclic) bond motifs is 6. The molecule has 4 nitrogen and oxygen atoms in total. The van der Waals surface area contributed by atoms with Gasteiger partial charge in [0.15, 0.2) is 0 Å². The van der Waals surface area contributed by atoms with Gasteiger partial charge in [0.2, 0.25) is 0 Å². The van der Waals surface area contributed by atoms with Gasteiger partial charge in [-0.05, 0) is 97.1 Å². The Morgan fingerprint density at radius 3 is 1.43 bits per heavy atom. The third kappa shape index (κ3) is 4.28. The van der Waals surface area contributed by atoms with E-state index in [4.69, 9.17) is 13.1 Å². The minimum absolute atomic E-state index is 0.114. The molecule has 0 aliphatic heterocycles. The van der Waals surface area contributed by atoms with Crippen molar-refractivity contribution in [1.82, 2.24) is 0 Å². The van der Waals surface area contributed by atoms with Crippen molar-refractivity contribution in [3.63, 3.8) is 0 Å². The zero-order valence-corrected chi connectivity index (χ0v) is 23.7. The molecule has 0 saturated heterocycles. The lowest BCUT2D eigenvalue weighted by Gasteiger charge is -2.10. The first-order chi connectivity index (χ1) is 22.3. The van der Waals surface area contributed by atoms with E-state index in [1.165, 1.54) is 6.07 Å². The zero-order valence-electron chi connectivity index (χ0n) is 23.7. The van der Waals surface area contributed by atoms with Crippen LogP contribution in [0.3, 0.4) is 0 Å². The first-order valence-corrected chi connectivity index (χ1v) is 14.0. The Morgan fingerprint density at radius 2 is 0.935 bits per heavy atom. The van der Waals surface area contributed by atoms with Crippen LogP contribution in [0.4, 0.5) is 13.2 Å². The molecule has 0 bridgehead atoms. The van der Waals surface area contributed by atoms with Gasteiger partial charge >= 0.3 is 6.18 Å². The van der Waals surface area contributed by atoms with Gasteiger partial charge in [0.25, 0.3) is 11.4 Å². The van der Waals surface area contributed by atoms with Crippen LogP contribution in [-0.2, 0) is 6.18 Å². The van der Waals surface area contributed by atoms with Gasteiger partial charge < -0.3 is 0 Å². The third-order valence-corrected chi connectivity index (χ3v) is 8.42. The second kappa shape index (κ2) is 10.5. The average molecular weight is 599 g/mol. The van der Waals surface area contributed by atoms with Crippen molar-refractivity contribution in [3.05, 3.63) is 165 Å². The molecule has 0 saturated carbocycles. The van der Waals surface area contributed by atoms with E-state index in [0.29, 0.717) is 39.0 Å². The Labute approximate surface area is 262 Å². The van der Waals surface area contributed by atoms with Gasteiger partial charge in [0.05, 0.1) is 30.8 Å². The summed E-state index contributed by atoms with van der Waals surface area (Å²) in [6.45, 7) is 15.4. The number of hydrogen-bond acceptors (Lipinski definition) is 2. The third-order valence-electron chi connectivity index (χ3n) is 8.42. The van der Waals surface area contributed by atoms with E-state index in [1.54, 1.807) is 12.1 Å². The van der Waals surface area contributed by atoms with Crippen LogP contribution in [-0.4, -0.2) is 0 Å². The minimum atomic E-state index is -4.62. The zero-order chi connectivity index (χ0) is 32.2. The first-order valence-electron chi connectivity index (χ1n) is 14.0. The fraction of sp³-hybridized carbons (Fsp3) is 0.0256. The van der Waals surface area contributed by atoms with Crippen LogP contribution in [0.15, 0.2) is 115 Å². The summed E-state index contributed by atoms with van der Waals surface area (Å²) in [5, 5.41) is 19.8. The highest BCUT2D eigenvalue weighted by molar-refractivity contribution is 6.11. The van der Waals surface area contributed by atoms with Crippen LogP contribution in [0.5, 0.6) is 0 Å². The molecular formula is C39H17F3N4. The number of halogens is 3. The average Bonchev–Trinajstić information content (AvgIpc) is 3.56. The Morgan fingerprint density at radius 1 is 0.500 bits per heavy atom. The van der Waals surface area contributed by atoms with Gasteiger partial charge in [-0.2, -0.15) is 13.2 Å². The molecule has 0 N–H and O–H groups in total. The highest BCUT2D eigenvalue weighted by atomic mass is 19.4. The van der Waals surface area contributed by atoms with Crippen molar-refractivity contribution in [2.75, 3.05) is 0 Å². The van der Waals surface area contributed by atoms with Crippen molar-refractivity contribution >= 4 is 11.1 Å². The molecule has 0 unspecified atom stereocenters. The monoisotopic (exact) mass is 598 g/mol. The normalized spacial score (nSPS) is 14.4. The smallest absolute Gasteiger partial charge is 0.226 e. The van der Waals surface area contributed by atoms with Gasteiger partial charge in [-0.1, -0.05) is 72.8 Å². The standard InChI is InChI=1S/C39H17F3N4/c1-45-35(20-43)37-31-16-25(24-10-8-23(9-11-24)22-6-4-3-5-7-22)12-14-27(31)29-18-34-30(19-33(29)37)28-15-13-26(39(40,41)42)17-32(28)38(34)36(21-44)46-2/h3-19H/b37-35+,38-36-. The quantitative estimate of drug-likeness (QED) is 0.147. The summed E-state index contributed by atoms with van der Waals surface area (Å²) in [7, 11) is 0. The van der Waals surface area contributed by atoms with Crippen molar-refractivity contribution in [1.29, 1.82) is 10.5 Å². The van der Waals surface area contributed by atoms with Gasteiger partial charge in [-0.25, -0.2) is 20.2 Å². The number of nitriles is 2. The lowest BCUT2D eigenvalue weighted by molar-refractivity contribution is -0.137. The molecule has 5 aromatic carbocycles. The summed E-state index contributed by atoms with van der Waals surface area (Å²) >= 11 is 0. The highest BCUT2D eigenvalue weighted by Gasteiger charge is 2.36. The van der Waals surface area contributed by atoms with Crippen molar-refractivity contribution in [3.8, 4) is 56.6 Å². The van der Waals surface area contributed by atoms with E-state index in [-0.39, 0.29) is 22.5 Å². The number of nitrogens with zero attached hydrogens (tertiary/aromatic N) is 4. The summed E-state index contributed by atoms with van der Waals surface area (Å²) in [6.07, 6.45) is -4.62. The minimum Gasteiger partial charge on any atom is -0.226 e. The van der Waals surface area contributed by atoms with Crippen molar-refractivity contribution < 1.29 is 13.2 Å². The van der Waals surface area contributed by atoms with Crippen LogP contribution in [0.2, 0.25) is 0 Å². The molecule has 7 heteroatoms. The lowest BCUT2D eigenvalue weighted by Crippen LogP contribution is -2.05. The molecule has 46 heavy (non-hydrogen) atoms. The maximum absolute atomic E-state index is 13.7. The van der Waals surface area contributed by atoms with Gasteiger partial charge in [-0.15, -0.1) is 0 Å². The van der Waals surface area contributed by atoms with Gasteiger partial charge in [-0.3, -0.25) is 0 Å². The molecule has 0 radical (unpaired) electrons. The number of hydrogen-bond donors (Lipinski definition) is 0. The molecule has 0 aromatic heterocycles. The highest BCUT2D eigenvalue weighted by Crippen LogP contribution is 2.54. The van der Waals surface area contributed by atoms with E-state index in [1.807, 2.05) is 84.9 Å². The van der Waals surface area contributed by atoms with E-state index in [2.05, 4.69) is 9.69 Å². The molecular weight excluding hydrogens is 581 g/mol. The topological polar surface area (TPSA) is 56.3 Å². The summed E-state index contributed by atoms with van der Waals surface area (Å²) in [4.78, 5) is 6.88. The molecule has 2 aliphatic carbocycles. The van der Waals surface area contributed by atoms with Crippen molar-refractivity contribution in [2.24, 2.45) is 0 Å². The molecule has 0 spiro atoms. The molecule has 0 heterocycles. The van der Waals surface area contributed by atoms with Crippen LogP contribution >= 0.6 is 0 Å². The molecule has 0 atom stereocenters. The van der Waals surface area contributed by atoms with E-state index < -0.39 is 11.7 Å². The number of allylic oxidation sites excluding steroid dienone is 2. The fourth-order valence-electron chi connectivity index (χ4n) is 6.35. The summed E-state index contributed by atoms with van der Waals surface area (Å²) in [5.74, 6) is 0. The van der Waals surface area contributed by atoms with Gasteiger partial charge in [0, 0.05) is 11.1 Å². The second-order valence-corrected chi connectivity index (χ2v) is 10.8. The largest absolute Gasteiger partial charge is 0.416 e. The van der Waals surface area contributed by atoms with E-state index in [0.717, 1.165) is 39.9 Å². The first kappa shape index (κ1) is 28.1. The predicted molar refractivity (Wildman–Crippen MR) is 170 cm³/mol. The molecule has 2 aliphatic rings. The molecule has 7 rings (SSSR count). The maximum Gasteiger partial charge on any atom is 0.416 e. The molecule has 5 aromatic rings. The fourth-order valence-corrected chi connectivity index (χ4v) is 6.35. The summed E-state index contributed by atoms with van der Waals surface area (Å²) in [5.41, 5.74) is 7.46.